The number of carboxylic acids is 1. The van der Waals surface area contributed by atoms with Crippen molar-refractivity contribution in [2.24, 2.45) is 5.92 Å². The van der Waals surface area contributed by atoms with Crippen LogP contribution >= 0.6 is 11.3 Å². The third-order valence-corrected chi connectivity index (χ3v) is 12.5. The van der Waals surface area contributed by atoms with E-state index in [9.17, 15) is 48.9 Å². The van der Waals surface area contributed by atoms with Crippen LogP contribution in [-0.4, -0.2) is 87.0 Å². The van der Waals surface area contributed by atoms with Gasteiger partial charge in [-0.05, 0) is 81.9 Å². The molecule has 16 heteroatoms. The molecule has 4 amide bonds. The molecular weight excluding hydrogens is 901 g/mol. The van der Waals surface area contributed by atoms with Crippen LogP contribution in [0.2, 0.25) is 0 Å². The number of fused-ring (bicyclic) bond motifs is 18. The Morgan fingerprint density at radius 1 is 0.551 bits per heavy atom. The van der Waals surface area contributed by atoms with Crippen LogP contribution in [0.25, 0.3) is 11.1 Å². The number of carbonyl (C=O) groups is 7. The zero-order chi connectivity index (χ0) is 48.9. The molecule has 2 aliphatic rings. The van der Waals surface area contributed by atoms with Crippen molar-refractivity contribution in [3.63, 3.8) is 0 Å². The molecule has 3 heterocycles. The summed E-state index contributed by atoms with van der Waals surface area (Å²) in [6.45, 7) is 0.129. The van der Waals surface area contributed by atoms with Gasteiger partial charge in [0.15, 0.2) is 18.0 Å². The lowest BCUT2D eigenvalue weighted by molar-refractivity contribution is -0.145. The zero-order valence-electron chi connectivity index (χ0n) is 37.2. The Kier molecular flexibility index (Phi) is 16.6. The number of carbonyl (C=O) groups excluding carboxylic acids is 6. The Hall–Kier alpha value is -7.79. The molecule has 69 heavy (non-hydrogen) atoms. The van der Waals surface area contributed by atoms with E-state index in [0.717, 1.165) is 16.7 Å². The molecule has 0 spiro atoms. The number of aliphatic hydroxyl groups is 2. The summed E-state index contributed by atoms with van der Waals surface area (Å²) in [5.74, 6) is -7.51. The molecule has 2 bridgehead atoms. The van der Waals surface area contributed by atoms with Gasteiger partial charge in [-0.1, -0.05) is 115 Å². The highest BCUT2D eigenvalue weighted by Gasteiger charge is 2.36. The quantitative estimate of drug-likeness (QED) is 0.0686. The van der Waals surface area contributed by atoms with Crippen molar-refractivity contribution in [2.45, 2.75) is 69.0 Å². The summed E-state index contributed by atoms with van der Waals surface area (Å²) < 4.78 is 5.46. The van der Waals surface area contributed by atoms with Gasteiger partial charge in [0, 0.05) is 29.8 Å². The second-order valence-corrected chi connectivity index (χ2v) is 17.7. The minimum absolute atomic E-state index is 0.00231. The number of thiophene rings is 1. The lowest BCUT2D eigenvalue weighted by atomic mass is 9.90. The third-order valence-electron chi connectivity index (χ3n) is 11.6. The van der Waals surface area contributed by atoms with Gasteiger partial charge in [-0.3, -0.25) is 28.8 Å². The minimum atomic E-state index is -2.32. The average molecular weight is 951 g/mol. The average Bonchev–Trinajstić information content (AvgIpc) is 3.88. The molecule has 354 valence electrons. The van der Waals surface area contributed by atoms with E-state index in [1.807, 2.05) is 30.3 Å². The Morgan fingerprint density at radius 3 is 1.70 bits per heavy atom. The number of nitrogens with one attached hydrogen (secondary N) is 4. The number of hydrogen-bond acceptors (Lipinski definition) is 11. The first-order valence-electron chi connectivity index (χ1n) is 22.2. The van der Waals surface area contributed by atoms with Gasteiger partial charge in [0.05, 0.1) is 17.5 Å². The second kappa shape index (κ2) is 23.3. The molecule has 0 unspecified atom stereocenters. The molecule has 15 nitrogen and oxygen atoms in total. The Balaban J connectivity index is 1.18. The molecule has 0 aliphatic carbocycles. The summed E-state index contributed by atoms with van der Waals surface area (Å²) in [4.78, 5) is 95.7. The van der Waals surface area contributed by atoms with E-state index < -0.39 is 84.0 Å². The van der Waals surface area contributed by atoms with Gasteiger partial charge >= 0.3 is 11.9 Å². The van der Waals surface area contributed by atoms with Crippen molar-refractivity contribution in [3.8, 4) is 11.1 Å². The minimum Gasteiger partial charge on any atom is -0.481 e. The van der Waals surface area contributed by atoms with Crippen LogP contribution in [0.5, 0.6) is 0 Å². The topological polar surface area (TPSA) is 238 Å². The molecule has 6 atom stereocenters. The highest BCUT2D eigenvalue weighted by atomic mass is 32.1. The summed E-state index contributed by atoms with van der Waals surface area (Å²) >= 11 is 1.28. The summed E-state index contributed by atoms with van der Waals surface area (Å²) in [6, 6.07) is 37.5. The molecule has 6 aromatic rings. The summed E-state index contributed by atoms with van der Waals surface area (Å²) in [7, 11) is 0. The zero-order valence-corrected chi connectivity index (χ0v) is 38.0. The van der Waals surface area contributed by atoms with Gasteiger partial charge in [0.2, 0.25) is 11.8 Å². The maximum atomic E-state index is 14.6. The van der Waals surface area contributed by atoms with Gasteiger partial charge in [0.25, 0.3) is 11.8 Å². The maximum absolute atomic E-state index is 14.6. The van der Waals surface area contributed by atoms with E-state index in [1.165, 1.54) is 35.6 Å². The monoisotopic (exact) mass is 950 g/mol. The number of carboxylic acid groups (broad SMARTS) is 1. The van der Waals surface area contributed by atoms with Crippen molar-refractivity contribution in [2.75, 3.05) is 5.32 Å². The van der Waals surface area contributed by atoms with Crippen LogP contribution in [0.15, 0.2) is 151 Å². The van der Waals surface area contributed by atoms with Crippen molar-refractivity contribution < 1.29 is 53.6 Å². The molecule has 0 fully saturated rings. The van der Waals surface area contributed by atoms with Crippen LogP contribution < -0.4 is 21.3 Å². The first kappa shape index (κ1) is 49.1. The number of rotatable bonds is 11. The smallest absolute Gasteiger partial charge is 0.338 e. The number of Topliss-reactive ketones (excluding diaryl/α,β-unsaturated/α-hetero) is 1. The number of aliphatic hydroxyl groups excluding tert-OH is 2. The number of esters is 1. The van der Waals surface area contributed by atoms with Crippen LogP contribution in [0.3, 0.4) is 0 Å². The first-order chi connectivity index (χ1) is 33.3. The molecule has 0 saturated carbocycles. The maximum Gasteiger partial charge on any atom is 0.338 e. The number of anilines is 1. The van der Waals surface area contributed by atoms with Crippen LogP contribution in [0.4, 0.5) is 5.69 Å². The van der Waals surface area contributed by atoms with E-state index in [-0.39, 0.29) is 38.0 Å². The fourth-order valence-electron chi connectivity index (χ4n) is 7.76. The number of amides is 4. The molecule has 8 rings (SSSR count). The summed E-state index contributed by atoms with van der Waals surface area (Å²) in [6.07, 6.45) is -5.36. The fourth-order valence-corrected chi connectivity index (χ4v) is 8.52. The van der Waals surface area contributed by atoms with E-state index in [4.69, 9.17) is 4.74 Å². The van der Waals surface area contributed by atoms with Gasteiger partial charge in [-0.15, -0.1) is 11.3 Å². The summed E-state index contributed by atoms with van der Waals surface area (Å²) in [5.41, 5.74) is 4.71. The van der Waals surface area contributed by atoms with Gasteiger partial charge in [-0.25, -0.2) is 4.79 Å². The summed E-state index contributed by atoms with van der Waals surface area (Å²) in [5, 5.41) is 44.1. The van der Waals surface area contributed by atoms with Crippen molar-refractivity contribution >= 4 is 58.4 Å². The van der Waals surface area contributed by atoms with Crippen LogP contribution in [-0.2, 0) is 65.8 Å². The third kappa shape index (κ3) is 13.7. The molecule has 5 aromatic carbocycles. The highest BCUT2D eigenvalue weighted by Crippen LogP contribution is 2.23. The Bertz CT molecular complexity index is 2740. The van der Waals surface area contributed by atoms with Crippen molar-refractivity contribution in [1.82, 2.24) is 16.0 Å². The van der Waals surface area contributed by atoms with Gasteiger partial charge < -0.3 is 41.3 Å². The molecule has 1 aromatic heterocycles. The predicted molar refractivity (Wildman–Crippen MR) is 257 cm³/mol. The van der Waals surface area contributed by atoms with Crippen LogP contribution in [0, 0.1) is 5.92 Å². The second-order valence-electron chi connectivity index (χ2n) is 16.7. The van der Waals surface area contributed by atoms with E-state index in [1.54, 1.807) is 96.4 Å². The van der Waals surface area contributed by atoms with Gasteiger partial charge in [-0.2, -0.15) is 0 Å². The Morgan fingerprint density at radius 2 is 1.09 bits per heavy atom. The van der Waals surface area contributed by atoms with E-state index in [0.29, 0.717) is 27.1 Å². The SMILES string of the molecule is O=C(OCc1ccccc1)c1ccc(-c2ccc(C[C@@H]3NC(=O)[C@@H](Cc4cccs4)NC(=O)[C@H](O)[C@@H](O)C(=O)Nc4ccc(cc4)C[C@@H](C(=O)O)CC(=O)[C@@H](Cc4ccccc4)NC3=O)cc2)cc1. The van der Waals surface area contributed by atoms with Gasteiger partial charge in [0.1, 0.15) is 18.7 Å². The lowest BCUT2D eigenvalue weighted by Gasteiger charge is -2.26. The number of hydrogen-bond donors (Lipinski definition) is 7. The van der Waals surface area contributed by atoms with Crippen molar-refractivity contribution in [3.05, 3.63) is 184 Å². The van der Waals surface area contributed by atoms with E-state index >= 15 is 0 Å². The number of ether oxygens (including phenoxy) is 1. The van der Waals surface area contributed by atoms with Crippen LogP contribution in [0.1, 0.15) is 43.9 Å². The number of aliphatic carboxylic acids is 1. The predicted octanol–water partition coefficient (Wildman–Crippen LogP) is 4.83. The molecule has 7 N–H and O–H groups in total. The molecule has 2 aliphatic heterocycles. The molecule has 0 saturated heterocycles. The van der Waals surface area contributed by atoms with E-state index in [2.05, 4.69) is 21.3 Å². The first-order valence-corrected chi connectivity index (χ1v) is 23.1. The molecular formula is C53H50N4O11S. The van der Waals surface area contributed by atoms with Crippen molar-refractivity contribution in [1.29, 1.82) is 0 Å². The largest absolute Gasteiger partial charge is 0.481 e. The lowest BCUT2D eigenvalue weighted by Crippen LogP contribution is -2.58. The number of ketones is 1. The highest BCUT2D eigenvalue weighted by molar-refractivity contribution is 7.09. The standard InChI is InChI=1S/C53H50N4O11S/c58-45-29-39(52(65)66)26-33-15-23-40(24-16-33)54-50(63)46(59)47(60)51(64)57-44(30-41-12-7-25-69-41)49(62)56-43(48(61)55-42(45)27-32-8-3-1-4-9-32)28-34-13-17-36(18-14-34)37-19-21-38(22-20-37)53(67)68-31-35-10-5-2-6-11-35/h1-25,39,42-44,46-47,59-60H,26-31H2,(H,54,63)(H,55,61)(H,56,62)(H,57,64)(H,65,66)/t39-,42-,43+,44-,46-,47-/m1/s1. The fraction of sp³-hybridized carbons (Fsp3) is 0.226. The number of benzene rings is 5. The molecule has 0 radical (unpaired) electrons. The Labute approximate surface area is 401 Å². The normalized spacial score (nSPS) is 20.6.